The number of Topliss-reactive ketones (excluding diaryl/α,β-unsaturated/α-hetero) is 1. The van der Waals surface area contributed by atoms with Gasteiger partial charge in [0.1, 0.15) is 5.78 Å². The lowest BCUT2D eigenvalue weighted by atomic mass is 9.48. The van der Waals surface area contributed by atoms with Gasteiger partial charge in [0.2, 0.25) is 0 Å². The van der Waals surface area contributed by atoms with Crippen molar-refractivity contribution in [3.63, 3.8) is 0 Å². The second kappa shape index (κ2) is 3.59. The topological polar surface area (TPSA) is 17.1 Å². The molecule has 1 nitrogen and oxygen atoms in total. The molecule has 4 aliphatic carbocycles. The maximum Gasteiger partial charge on any atom is 0.138 e. The molecule has 96 valence electrons. The van der Waals surface area contributed by atoms with Crippen LogP contribution < -0.4 is 0 Å². The first-order chi connectivity index (χ1) is 7.86. The third kappa shape index (κ3) is 2.06. The van der Waals surface area contributed by atoms with Gasteiger partial charge in [-0.15, -0.1) is 0 Å². The molecule has 4 bridgehead atoms. The molecule has 0 unspecified atom stereocenters. The van der Waals surface area contributed by atoms with E-state index in [0.717, 1.165) is 24.2 Å². The van der Waals surface area contributed by atoms with Gasteiger partial charge in [-0.25, -0.2) is 0 Å². The Balaban J connectivity index is 1.76. The third-order valence-electron chi connectivity index (χ3n) is 5.54. The van der Waals surface area contributed by atoms with Gasteiger partial charge in [-0.05, 0) is 61.7 Å². The second-order valence-corrected chi connectivity index (χ2v) is 8.27. The lowest BCUT2D eigenvalue weighted by molar-refractivity contribution is -0.134. The van der Waals surface area contributed by atoms with Crippen LogP contribution in [0.25, 0.3) is 0 Å². The molecular weight excluding hydrogens is 208 g/mol. The summed E-state index contributed by atoms with van der Waals surface area (Å²) in [5.41, 5.74) is 0.294. The number of hydrogen-bond acceptors (Lipinski definition) is 1. The van der Waals surface area contributed by atoms with Gasteiger partial charge in [0.05, 0.1) is 0 Å². The van der Waals surface area contributed by atoms with Crippen molar-refractivity contribution in [3.05, 3.63) is 0 Å². The molecule has 0 radical (unpaired) electrons. The number of carbonyl (C=O) groups is 1. The van der Waals surface area contributed by atoms with Crippen molar-refractivity contribution in [1.82, 2.24) is 0 Å². The summed E-state index contributed by atoms with van der Waals surface area (Å²) in [6.07, 6.45) is 9.39. The number of carbonyl (C=O) groups excluding carboxylic acids is 1. The maximum atomic E-state index is 12.3. The van der Waals surface area contributed by atoms with Crippen molar-refractivity contribution >= 4 is 5.78 Å². The fourth-order valence-electron chi connectivity index (χ4n) is 5.11. The van der Waals surface area contributed by atoms with Crippen LogP contribution >= 0.6 is 0 Å². The Kier molecular flexibility index (Phi) is 2.48. The van der Waals surface area contributed by atoms with Gasteiger partial charge in [0.15, 0.2) is 0 Å². The Hall–Kier alpha value is -0.330. The predicted octanol–water partition coefficient (Wildman–Crippen LogP) is 4.21. The molecule has 4 rings (SSSR count). The summed E-state index contributed by atoms with van der Waals surface area (Å²) >= 11 is 0. The summed E-state index contributed by atoms with van der Waals surface area (Å²) in [6, 6.07) is 0. The molecule has 0 aromatic heterocycles. The van der Waals surface area contributed by atoms with Crippen LogP contribution in [-0.4, -0.2) is 5.78 Å². The molecule has 4 fully saturated rings. The van der Waals surface area contributed by atoms with Gasteiger partial charge in [-0.2, -0.15) is 0 Å². The van der Waals surface area contributed by atoms with E-state index in [4.69, 9.17) is 0 Å². The number of rotatable bonds is 2. The molecule has 0 spiro atoms. The Morgan fingerprint density at radius 2 is 1.41 bits per heavy atom. The van der Waals surface area contributed by atoms with Crippen molar-refractivity contribution in [2.75, 3.05) is 0 Å². The Labute approximate surface area is 105 Å². The highest BCUT2D eigenvalue weighted by Gasteiger charge is 2.51. The number of hydrogen-bond donors (Lipinski definition) is 0. The van der Waals surface area contributed by atoms with Gasteiger partial charge >= 0.3 is 0 Å². The summed E-state index contributed by atoms with van der Waals surface area (Å²) in [4.78, 5) is 12.3. The quantitative estimate of drug-likeness (QED) is 0.699. The molecule has 0 aromatic rings. The first-order valence-electron chi connectivity index (χ1n) is 7.40. The van der Waals surface area contributed by atoms with E-state index >= 15 is 0 Å². The van der Waals surface area contributed by atoms with Crippen LogP contribution in [0.5, 0.6) is 0 Å². The second-order valence-electron chi connectivity index (χ2n) is 8.27. The summed E-state index contributed by atoms with van der Waals surface area (Å²) in [7, 11) is 0. The number of ketones is 1. The highest BCUT2D eigenvalue weighted by Crippen LogP contribution is 2.61. The third-order valence-corrected chi connectivity index (χ3v) is 5.54. The highest BCUT2D eigenvalue weighted by atomic mass is 16.1. The van der Waals surface area contributed by atoms with Crippen LogP contribution in [0.2, 0.25) is 0 Å². The van der Waals surface area contributed by atoms with Crippen LogP contribution in [0.4, 0.5) is 0 Å². The van der Waals surface area contributed by atoms with Gasteiger partial charge in [-0.3, -0.25) is 4.79 Å². The predicted molar refractivity (Wildman–Crippen MR) is 69.7 cm³/mol. The molecule has 0 aromatic carbocycles. The molecule has 1 heteroatoms. The van der Waals surface area contributed by atoms with Crippen molar-refractivity contribution in [2.45, 2.75) is 65.7 Å². The maximum absolute atomic E-state index is 12.3. The van der Waals surface area contributed by atoms with E-state index in [9.17, 15) is 4.79 Å². The zero-order valence-corrected chi connectivity index (χ0v) is 11.6. The minimum absolute atomic E-state index is 0.136. The molecule has 4 saturated carbocycles. The van der Waals surface area contributed by atoms with Crippen molar-refractivity contribution in [3.8, 4) is 0 Å². The molecule has 17 heavy (non-hydrogen) atoms. The van der Waals surface area contributed by atoms with Crippen LogP contribution in [0.1, 0.15) is 65.7 Å². The van der Waals surface area contributed by atoms with E-state index in [2.05, 4.69) is 20.8 Å². The molecule has 0 amide bonds. The van der Waals surface area contributed by atoms with Gasteiger partial charge in [0.25, 0.3) is 0 Å². The fraction of sp³-hybridized carbons (Fsp3) is 0.938. The Morgan fingerprint density at radius 1 is 1.00 bits per heavy atom. The van der Waals surface area contributed by atoms with E-state index in [1.807, 2.05) is 0 Å². The van der Waals surface area contributed by atoms with Crippen molar-refractivity contribution in [1.29, 1.82) is 0 Å². The SMILES string of the molecule is CC(C)(C)C(=O)CC12CC3CC(CC(C3)C1)C2. The zero-order chi connectivity index (χ0) is 12.3. The average Bonchev–Trinajstić information content (AvgIpc) is 2.12. The lowest BCUT2D eigenvalue weighted by Gasteiger charge is -2.57. The van der Waals surface area contributed by atoms with Crippen LogP contribution in [-0.2, 0) is 4.79 Å². The summed E-state index contributed by atoms with van der Waals surface area (Å²) in [5, 5.41) is 0. The average molecular weight is 234 g/mol. The van der Waals surface area contributed by atoms with E-state index < -0.39 is 0 Å². The van der Waals surface area contributed by atoms with E-state index in [1.165, 1.54) is 38.5 Å². The highest BCUT2D eigenvalue weighted by molar-refractivity contribution is 5.84. The first kappa shape index (κ1) is 11.7. The lowest BCUT2D eigenvalue weighted by Crippen LogP contribution is -2.47. The molecule has 0 heterocycles. The minimum Gasteiger partial charge on any atom is -0.299 e. The van der Waals surface area contributed by atoms with Gasteiger partial charge in [-0.1, -0.05) is 20.8 Å². The van der Waals surface area contributed by atoms with Gasteiger partial charge in [0, 0.05) is 11.8 Å². The molecule has 4 aliphatic rings. The van der Waals surface area contributed by atoms with Crippen molar-refractivity contribution < 1.29 is 4.79 Å². The first-order valence-corrected chi connectivity index (χ1v) is 7.40. The van der Waals surface area contributed by atoms with Crippen LogP contribution in [0, 0.1) is 28.6 Å². The molecule has 0 N–H and O–H groups in total. The summed E-state index contributed by atoms with van der Waals surface area (Å²) in [6.45, 7) is 6.24. The largest absolute Gasteiger partial charge is 0.299 e. The minimum atomic E-state index is -0.136. The van der Waals surface area contributed by atoms with E-state index in [1.54, 1.807) is 0 Å². The van der Waals surface area contributed by atoms with Crippen LogP contribution in [0.3, 0.4) is 0 Å². The van der Waals surface area contributed by atoms with Gasteiger partial charge < -0.3 is 0 Å². The Bertz CT molecular complexity index is 299. The van der Waals surface area contributed by atoms with E-state index in [-0.39, 0.29) is 5.41 Å². The molecule has 0 saturated heterocycles. The molecular formula is C16H26O. The summed E-state index contributed by atoms with van der Waals surface area (Å²) < 4.78 is 0. The molecule has 0 aliphatic heterocycles. The van der Waals surface area contributed by atoms with E-state index in [0.29, 0.717) is 11.2 Å². The monoisotopic (exact) mass is 234 g/mol. The smallest absolute Gasteiger partial charge is 0.138 e. The zero-order valence-electron chi connectivity index (χ0n) is 11.6. The standard InChI is InChI=1S/C16H26O/c1-15(2,3)14(17)10-16-7-11-4-12(8-16)6-13(5-11)9-16/h11-13H,4-10H2,1-3H3. The molecule has 0 atom stereocenters. The summed E-state index contributed by atoms with van der Waals surface area (Å²) in [5.74, 6) is 3.40. The van der Waals surface area contributed by atoms with Crippen molar-refractivity contribution in [2.24, 2.45) is 28.6 Å². The Morgan fingerprint density at radius 3 is 1.76 bits per heavy atom. The normalized spacial score (nSPS) is 44.1. The van der Waals surface area contributed by atoms with Crippen LogP contribution in [0.15, 0.2) is 0 Å². The fourth-order valence-corrected chi connectivity index (χ4v) is 5.11.